The number of nitrogens with zero attached hydrogens (tertiary/aromatic N) is 1. The maximum Gasteiger partial charge on any atom is 0.318 e. The minimum Gasteiger partial charge on any atom is -0.467 e. The quantitative estimate of drug-likeness (QED) is 0.685. The first-order chi connectivity index (χ1) is 12.8. The van der Waals surface area contributed by atoms with Crippen molar-refractivity contribution in [3.63, 3.8) is 0 Å². The number of nitrogens with one attached hydrogen (secondary N) is 1. The zero-order chi connectivity index (χ0) is 17.8. The molecule has 5 heteroatoms. The predicted octanol–water partition coefficient (Wildman–Crippen LogP) is 4.74. The minimum atomic E-state index is -0.0738. The molecule has 1 aliphatic rings. The molecule has 2 aromatic heterocycles. The predicted molar refractivity (Wildman–Crippen MR) is 103 cm³/mol. The molecule has 1 N–H and O–H groups in total. The van der Waals surface area contributed by atoms with Gasteiger partial charge >= 0.3 is 6.03 Å². The summed E-state index contributed by atoms with van der Waals surface area (Å²) in [6.07, 6.45) is 5.21. The molecule has 3 aromatic rings. The van der Waals surface area contributed by atoms with E-state index in [0.29, 0.717) is 19.6 Å². The highest BCUT2D eigenvalue weighted by atomic mass is 32.1. The Labute approximate surface area is 157 Å². The number of carbonyl (C=O) groups excluding carboxylic acids is 1. The summed E-state index contributed by atoms with van der Waals surface area (Å²) in [5.41, 5.74) is 4.05. The lowest BCUT2D eigenvalue weighted by Gasteiger charge is -2.21. The number of hydrogen-bond donors (Lipinski definition) is 1. The highest BCUT2D eigenvalue weighted by molar-refractivity contribution is 7.09. The molecule has 134 valence electrons. The van der Waals surface area contributed by atoms with Crippen molar-refractivity contribution in [3.05, 3.63) is 81.4 Å². The third-order valence-corrected chi connectivity index (χ3v) is 5.61. The molecule has 0 fully saturated rings. The van der Waals surface area contributed by atoms with Crippen molar-refractivity contribution in [2.24, 2.45) is 0 Å². The van der Waals surface area contributed by atoms with Crippen molar-refractivity contribution in [1.29, 1.82) is 0 Å². The molecular formula is C21H22N2O2S. The summed E-state index contributed by atoms with van der Waals surface area (Å²) in [5, 5.41) is 5.10. The number of urea groups is 1. The summed E-state index contributed by atoms with van der Waals surface area (Å²) in [6, 6.07) is 14.3. The van der Waals surface area contributed by atoms with Gasteiger partial charge < -0.3 is 14.6 Å². The van der Waals surface area contributed by atoms with E-state index in [2.05, 4.69) is 23.5 Å². The summed E-state index contributed by atoms with van der Waals surface area (Å²) < 4.78 is 5.43. The van der Waals surface area contributed by atoms with Crippen LogP contribution in [-0.2, 0) is 32.5 Å². The largest absolute Gasteiger partial charge is 0.467 e. The first-order valence-corrected chi connectivity index (χ1v) is 9.84. The van der Waals surface area contributed by atoms with Gasteiger partial charge in [-0.2, -0.15) is 0 Å². The van der Waals surface area contributed by atoms with Crippen LogP contribution in [0.25, 0.3) is 0 Å². The number of carbonyl (C=O) groups is 1. The fraction of sp³-hybridized carbons (Fsp3) is 0.286. The van der Waals surface area contributed by atoms with Crippen molar-refractivity contribution in [3.8, 4) is 0 Å². The van der Waals surface area contributed by atoms with Crippen molar-refractivity contribution in [2.45, 2.75) is 38.9 Å². The highest BCUT2D eigenvalue weighted by Crippen LogP contribution is 2.23. The molecule has 0 bridgehead atoms. The molecule has 26 heavy (non-hydrogen) atoms. The number of fused-ring (bicyclic) bond motifs is 1. The van der Waals surface area contributed by atoms with Crippen LogP contribution in [0.1, 0.15) is 33.7 Å². The number of amides is 2. The van der Waals surface area contributed by atoms with E-state index in [-0.39, 0.29) is 6.03 Å². The molecule has 0 radical (unpaired) electrons. The molecule has 0 spiro atoms. The second kappa shape index (κ2) is 7.79. The van der Waals surface area contributed by atoms with Gasteiger partial charge in [0.15, 0.2) is 0 Å². The van der Waals surface area contributed by atoms with Gasteiger partial charge in [-0.1, -0.05) is 24.3 Å². The Morgan fingerprint density at radius 2 is 2.04 bits per heavy atom. The van der Waals surface area contributed by atoms with Crippen LogP contribution in [0.2, 0.25) is 0 Å². The van der Waals surface area contributed by atoms with Gasteiger partial charge in [-0.15, -0.1) is 11.3 Å². The van der Waals surface area contributed by atoms with Gasteiger partial charge in [0, 0.05) is 11.4 Å². The van der Waals surface area contributed by atoms with Gasteiger partial charge in [0.1, 0.15) is 5.76 Å². The molecule has 1 aromatic carbocycles. The van der Waals surface area contributed by atoms with Crippen LogP contribution in [0, 0.1) is 0 Å². The van der Waals surface area contributed by atoms with Gasteiger partial charge in [-0.05, 0) is 59.5 Å². The SMILES string of the molecule is O=C(NCc1ccc2c(c1)CCC2)N(Cc1ccco1)Cc1cccs1. The third kappa shape index (κ3) is 3.99. The van der Waals surface area contributed by atoms with Crippen molar-refractivity contribution in [1.82, 2.24) is 10.2 Å². The zero-order valence-electron chi connectivity index (χ0n) is 14.6. The number of aryl methyl sites for hydroxylation is 2. The van der Waals surface area contributed by atoms with Crippen LogP contribution < -0.4 is 5.32 Å². The monoisotopic (exact) mass is 366 g/mol. The third-order valence-electron chi connectivity index (χ3n) is 4.75. The second-order valence-corrected chi connectivity index (χ2v) is 7.66. The number of benzene rings is 1. The van der Waals surface area contributed by atoms with E-state index >= 15 is 0 Å². The summed E-state index contributed by atoms with van der Waals surface area (Å²) in [6.45, 7) is 1.58. The highest BCUT2D eigenvalue weighted by Gasteiger charge is 2.17. The van der Waals surface area contributed by atoms with Gasteiger partial charge in [0.25, 0.3) is 0 Å². The fourth-order valence-electron chi connectivity index (χ4n) is 3.41. The number of thiophene rings is 1. The summed E-state index contributed by atoms with van der Waals surface area (Å²) in [4.78, 5) is 15.7. The summed E-state index contributed by atoms with van der Waals surface area (Å²) >= 11 is 1.66. The van der Waals surface area contributed by atoms with Gasteiger partial charge in [0.05, 0.1) is 19.4 Å². The maximum absolute atomic E-state index is 12.8. The van der Waals surface area contributed by atoms with E-state index in [1.54, 1.807) is 22.5 Å². The van der Waals surface area contributed by atoms with Crippen LogP contribution in [-0.4, -0.2) is 10.9 Å². The Bertz CT molecular complexity index is 820. The molecule has 1 aliphatic carbocycles. The zero-order valence-corrected chi connectivity index (χ0v) is 15.4. The van der Waals surface area contributed by atoms with Crippen LogP contribution >= 0.6 is 11.3 Å². The Balaban J connectivity index is 1.41. The number of hydrogen-bond acceptors (Lipinski definition) is 3. The van der Waals surface area contributed by atoms with Crippen molar-refractivity contribution < 1.29 is 9.21 Å². The first-order valence-electron chi connectivity index (χ1n) is 8.96. The molecule has 0 unspecified atom stereocenters. The topological polar surface area (TPSA) is 45.5 Å². The average Bonchev–Trinajstić information content (AvgIpc) is 3.40. The molecule has 2 amide bonds. The van der Waals surface area contributed by atoms with E-state index in [9.17, 15) is 4.79 Å². The Kier molecular flexibility index (Phi) is 5.07. The van der Waals surface area contributed by atoms with E-state index in [1.165, 1.54) is 24.0 Å². The summed E-state index contributed by atoms with van der Waals surface area (Å²) in [7, 11) is 0. The molecule has 0 aliphatic heterocycles. The molecule has 4 nitrogen and oxygen atoms in total. The van der Waals surface area contributed by atoms with Crippen LogP contribution in [0.5, 0.6) is 0 Å². The number of rotatable bonds is 6. The second-order valence-electron chi connectivity index (χ2n) is 6.63. The molecule has 4 rings (SSSR count). The van der Waals surface area contributed by atoms with Gasteiger partial charge in [-0.25, -0.2) is 4.79 Å². The first kappa shape index (κ1) is 16.9. The molecule has 0 saturated heterocycles. The van der Waals surface area contributed by atoms with Crippen molar-refractivity contribution in [2.75, 3.05) is 0 Å². The average molecular weight is 366 g/mol. The minimum absolute atomic E-state index is 0.0738. The normalized spacial score (nSPS) is 12.8. The van der Waals surface area contributed by atoms with E-state index in [4.69, 9.17) is 4.42 Å². The number of furan rings is 1. The maximum atomic E-state index is 12.8. The van der Waals surface area contributed by atoms with Crippen LogP contribution in [0.4, 0.5) is 4.79 Å². The van der Waals surface area contributed by atoms with E-state index in [1.807, 2.05) is 29.6 Å². The van der Waals surface area contributed by atoms with Crippen LogP contribution in [0.3, 0.4) is 0 Å². The fourth-order valence-corrected chi connectivity index (χ4v) is 4.12. The Morgan fingerprint density at radius 1 is 1.12 bits per heavy atom. The van der Waals surface area contributed by atoms with Crippen molar-refractivity contribution >= 4 is 17.4 Å². The lowest BCUT2D eigenvalue weighted by atomic mass is 10.1. The molecular weight excluding hydrogens is 344 g/mol. The standard InChI is InChI=1S/C21H22N2O2S/c24-21(22-13-16-8-9-17-4-1-5-18(17)12-16)23(14-19-6-2-10-25-19)15-20-7-3-11-26-20/h2-3,6-12H,1,4-5,13-15H2,(H,22,24). The smallest absolute Gasteiger partial charge is 0.318 e. The lowest BCUT2D eigenvalue weighted by Crippen LogP contribution is -2.38. The lowest BCUT2D eigenvalue weighted by molar-refractivity contribution is 0.187. The molecule has 0 saturated carbocycles. The van der Waals surface area contributed by atoms with E-state index in [0.717, 1.165) is 22.6 Å². The summed E-state index contributed by atoms with van der Waals surface area (Å²) in [5.74, 6) is 0.786. The molecule has 2 heterocycles. The van der Waals surface area contributed by atoms with Crippen LogP contribution in [0.15, 0.2) is 58.5 Å². The van der Waals surface area contributed by atoms with Gasteiger partial charge in [-0.3, -0.25) is 0 Å². The Hall–Kier alpha value is -2.53. The Morgan fingerprint density at radius 3 is 2.85 bits per heavy atom. The van der Waals surface area contributed by atoms with E-state index < -0.39 is 0 Å². The molecule has 0 atom stereocenters. The van der Waals surface area contributed by atoms with Gasteiger partial charge in [0.2, 0.25) is 0 Å².